The fraction of sp³-hybridized carbons (Fsp3) is 0.368. The van der Waals surface area contributed by atoms with Crippen LogP contribution in [0.25, 0.3) is 22.4 Å². The van der Waals surface area contributed by atoms with Gasteiger partial charge in [0.05, 0.1) is 13.2 Å². The summed E-state index contributed by atoms with van der Waals surface area (Å²) in [5.74, 6) is 0.413. The Hall–Kier alpha value is -2.56. The zero-order valence-electron chi connectivity index (χ0n) is 15.9. The van der Waals surface area contributed by atoms with E-state index in [-0.39, 0.29) is 23.1 Å². The van der Waals surface area contributed by atoms with Crippen molar-refractivity contribution in [3.05, 3.63) is 50.9 Å². The van der Waals surface area contributed by atoms with Gasteiger partial charge in [-0.25, -0.2) is 19.2 Å². The van der Waals surface area contributed by atoms with E-state index in [1.165, 1.54) is 35.5 Å². The van der Waals surface area contributed by atoms with Gasteiger partial charge < -0.3 is 9.47 Å². The van der Waals surface area contributed by atoms with Crippen molar-refractivity contribution in [3.8, 4) is 11.4 Å². The largest absolute Gasteiger partial charge is 0.350 e. The zero-order chi connectivity index (χ0) is 20.5. The summed E-state index contributed by atoms with van der Waals surface area (Å²) in [6, 6.07) is 5.88. The molecule has 0 atom stereocenters. The third-order valence-electron chi connectivity index (χ3n) is 4.63. The molecule has 8 nitrogen and oxygen atoms in total. The lowest BCUT2D eigenvalue weighted by molar-refractivity contribution is -0.0421. The zero-order valence-corrected chi connectivity index (χ0v) is 16.7. The van der Waals surface area contributed by atoms with Gasteiger partial charge in [0.1, 0.15) is 16.2 Å². The van der Waals surface area contributed by atoms with E-state index in [2.05, 4.69) is 9.97 Å². The number of nitrogens with zero attached hydrogens (tertiary/aromatic N) is 4. The number of hydrogen-bond donors (Lipinski definition) is 0. The summed E-state index contributed by atoms with van der Waals surface area (Å²) in [7, 11) is 2.96. The highest BCUT2D eigenvalue weighted by atomic mass is 32.2. The molecule has 0 spiro atoms. The van der Waals surface area contributed by atoms with Crippen molar-refractivity contribution in [1.82, 2.24) is 19.1 Å². The molecule has 0 unspecified atom stereocenters. The van der Waals surface area contributed by atoms with Crippen LogP contribution in [0.15, 0.2) is 38.9 Å². The van der Waals surface area contributed by atoms with Gasteiger partial charge >= 0.3 is 5.69 Å². The highest BCUT2D eigenvalue weighted by Gasteiger charge is 2.20. The number of hydrogen-bond acceptors (Lipinski definition) is 7. The van der Waals surface area contributed by atoms with Gasteiger partial charge in [0.15, 0.2) is 17.8 Å². The lowest BCUT2D eigenvalue weighted by Crippen LogP contribution is -2.37. The van der Waals surface area contributed by atoms with Crippen molar-refractivity contribution >= 4 is 22.8 Å². The SMILES string of the molecule is Cn1c(=O)c2c(SCCC3OCCO3)nc(-c3cccc(F)c3)nc2n(C)c1=O. The molecule has 2 aromatic heterocycles. The van der Waals surface area contributed by atoms with Crippen LogP contribution in [0.2, 0.25) is 0 Å². The Morgan fingerprint density at radius 3 is 2.66 bits per heavy atom. The maximum Gasteiger partial charge on any atom is 0.332 e. The normalized spacial score (nSPS) is 14.7. The van der Waals surface area contributed by atoms with E-state index in [4.69, 9.17) is 9.47 Å². The number of halogens is 1. The smallest absolute Gasteiger partial charge is 0.332 e. The van der Waals surface area contributed by atoms with Crippen LogP contribution < -0.4 is 11.2 Å². The van der Waals surface area contributed by atoms with E-state index < -0.39 is 17.1 Å². The Morgan fingerprint density at radius 1 is 1.17 bits per heavy atom. The van der Waals surface area contributed by atoms with Crippen LogP contribution in [0.3, 0.4) is 0 Å². The quantitative estimate of drug-likeness (QED) is 0.460. The minimum absolute atomic E-state index is 0.211. The molecule has 0 aliphatic carbocycles. The number of thioether (sulfide) groups is 1. The fourth-order valence-corrected chi connectivity index (χ4v) is 4.09. The summed E-state index contributed by atoms with van der Waals surface area (Å²) in [4.78, 5) is 34.1. The average molecular weight is 418 g/mol. The summed E-state index contributed by atoms with van der Waals surface area (Å²) in [5, 5.41) is 0.691. The van der Waals surface area contributed by atoms with Gasteiger partial charge in [0, 0.05) is 31.8 Å². The number of rotatable bonds is 5. The molecule has 3 aromatic rings. The molecule has 0 bridgehead atoms. The Morgan fingerprint density at radius 2 is 1.93 bits per heavy atom. The highest BCUT2D eigenvalue weighted by Crippen LogP contribution is 2.27. The fourth-order valence-electron chi connectivity index (χ4n) is 3.12. The number of aryl methyl sites for hydroxylation is 1. The molecule has 0 N–H and O–H groups in total. The lowest BCUT2D eigenvalue weighted by atomic mass is 10.2. The van der Waals surface area contributed by atoms with E-state index in [1.807, 2.05) is 0 Å². The summed E-state index contributed by atoms with van der Waals surface area (Å²) in [6.07, 6.45) is 0.350. The second-order valence-corrected chi connectivity index (χ2v) is 7.66. The molecule has 1 fully saturated rings. The maximum absolute atomic E-state index is 13.7. The van der Waals surface area contributed by atoms with Crippen LogP contribution in [-0.2, 0) is 23.6 Å². The van der Waals surface area contributed by atoms with Crippen LogP contribution in [0.4, 0.5) is 4.39 Å². The Bertz CT molecular complexity index is 1190. The second-order valence-electron chi connectivity index (χ2n) is 6.58. The second kappa shape index (κ2) is 8.05. The lowest BCUT2D eigenvalue weighted by Gasteiger charge is -2.13. The van der Waals surface area contributed by atoms with Crippen LogP contribution in [0.5, 0.6) is 0 Å². The van der Waals surface area contributed by atoms with Gasteiger partial charge in [-0.05, 0) is 12.1 Å². The molecule has 1 saturated heterocycles. The first kappa shape index (κ1) is 19.7. The maximum atomic E-state index is 13.7. The monoisotopic (exact) mass is 418 g/mol. The van der Waals surface area contributed by atoms with Gasteiger partial charge in [0.2, 0.25) is 0 Å². The van der Waals surface area contributed by atoms with E-state index in [1.54, 1.807) is 19.2 Å². The molecule has 1 aromatic carbocycles. The molecule has 152 valence electrons. The predicted molar refractivity (Wildman–Crippen MR) is 106 cm³/mol. The Balaban J connectivity index is 1.83. The van der Waals surface area contributed by atoms with Crippen molar-refractivity contribution in [2.45, 2.75) is 17.7 Å². The Kier molecular flexibility index (Phi) is 5.48. The van der Waals surface area contributed by atoms with Crippen molar-refractivity contribution in [2.75, 3.05) is 19.0 Å². The van der Waals surface area contributed by atoms with Crippen LogP contribution >= 0.6 is 11.8 Å². The van der Waals surface area contributed by atoms with Crippen molar-refractivity contribution in [2.24, 2.45) is 14.1 Å². The summed E-state index contributed by atoms with van der Waals surface area (Å²) < 4.78 is 26.9. The standard InChI is InChI=1S/C19H19FN4O4S/c1-23-16-14(18(25)24(2)19(23)26)17(29-9-6-13-27-7-8-28-13)22-15(21-16)11-4-3-5-12(20)10-11/h3-5,10,13H,6-9H2,1-2H3. The van der Waals surface area contributed by atoms with Gasteiger partial charge in [-0.3, -0.25) is 13.9 Å². The van der Waals surface area contributed by atoms with Crippen molar-refractivity contribution < 1.29 is 13.9 Å². The van der Waals surface area contributed by atoms with Crippen LogP contribution in [-0.4, -0.2) is 44.4 Å². The van der Waals surface area contributed by atoms with Gasteiger partial charge in [0.25, 0.3) is 5.56 Å². The first-order valence-electron chi connectivity index (χ1n) is 9.05. The van der Waals surface area contributed by atoms with E-state index in [9.17, 15) is 14.0 Å². The minimum Gasteiger partial charge on any atom is -0.350 e. The third-order valence-corrected chi connectivity index (χ3v) is 5.64. The van der Waals surface area contributed by atoms with Crippen molar-refractivity contribution in [1.29, 1.82) is 0 Å². The predicted octanol–water partition coefficient (Wildman–Crippen LogP) is 1.69. The molecule has 10 heteroatoms. The van der Waals surface area contributed by atoms with Crippen LogP contribution in [0, 0.1) is 5.82 Å². The van der Waals surface area contributed by atoms with Gasteiger partial charge in [-0.2, -0.15) is 0 Å². The first-order chi connectivity index (χ1) is 14.0. The number of benzene rings is 1. The third kappa shape index (κ3) is 3.83. The summed E-state index contributed by atoms with van der Waals surface area (Å²) in [6.45, 7) is 1.14. The number of ether oxygens (including phenoxy) is 2. The molecular weight excluding hydrogens is 399 g/mol. The molecule has 4 rings (SSSR count). The molecule has 29 heavy (non-hydrogen) atoms. The molecule has 0 saturated carbocycles. The topological polar surface area (TPSA) is 88.2 Å². The minimum atomic E-state index is -0.491. The molecule has 0 amide bonds. The molecule has 3 heterocycles. The molecule has 1 aliphatic heterocycles. The van der Waals surface area contributed by atoms with Crippen LogP contribution in [0.1, 0.15) is 6.42 Å². The van der Waals surface area contributed by atoms with E-state index >= 15 is 0 Å². The van der Waals surface area contributed by atoms with E-state index in [0.29, 0.717) is 36.0 Å². The molecular formula is C19H19FN4O4S. The first-order valence-corrected chi connectivity index (χ1v) is 10.0. The van der Waals surface area contributed by atoms with Gasteiger partial charge in [-0.15, -0.1) is 11.8 Å². The molecule has 1 aliphatic rings. The summed E-state index contributed by atoms with van der Waals surface area (Å²) >= 11 is 1.35. The van der Waals surface area contributed by atoms with E-state index in [0.717, 1.165) is 4.57 Å². The highest BCUT2D eigenvalue weighted by molar-refractivity contribution is 7.99. The Labute approximate surface area is 169 Å². The average Bonchev–Trinajstić information content (AvgIpc) is 3.23. The number of aromatic nitrogens is 4. The van der Waals surface area contributed by atoms with Gasteiger partial charge in [-0.1, -0.05) is 12.1 Å². The molecule has 0 radical (unpaired) electrons. The number of fused-ring (bicyclic) bond motifs is 1. The summed E-state index contributed by atoms with van der Waals surface area (Å²) in [5.41, 5.74) is -0.285. The van der Waals surface area contributed by atoms with Crippen molar-refractivity contribution in [3.63, 3.8) is 0 Å².